The Morgan fingerprint density at radius 2 is 1.83 bits per heavy atom. The number of carboxylic acids is 1. The first kappa shape index (κ1) is 19.2. The minimum absolute atomic E-state index is 0.0156. The van der Waals surface area contributed by atoms with Gasteiger partial charge in [-0.2, -0.15) is 0 Å². The van der Waals surface area contributed by atoms with Gasteiger partial charge in [0.25, 0.3) is 5.56 Å². The number of carbonyl (C=O) groups is 2. The molecule has 0 spiro atoms. The summed E-state index contributed by atoms with van der Waals surface area (Å²) in [5, 5.41) is 8.86. The molecule has 2 unspecified atom stereocenters. The summed E-state index contributed by atoms with van der Waals surface area (Å²) in [6.07, 6.45) is 0.787. The SMILES string of the molecule is COc1ccc(-c2ccc(=O)n3c2C2CC(CN(C(=O)CCC(=O)O)C2)C3)cc1. The molecule has 2 aliphatic rings. The molecule has 0 aliphatic carbocycles. The van der Waals surface area contributed by atoms with Crippen molar-refractivity contribution in [2.24, 2.45) is 5.92 Å². The van der Waals surface area contributed by atoms with Crippen LogP contribution in [0.5, 0.6) is 5.75 Å². The number of nitrogens with zero attached hydrogens (tertiary/aromatic N) is 2. The van der Waals surface area contributed by atoms with E-state index in [9.17, 15) is 14.4 Å². The summed E-state index contributed by atoms with van der Waals surface area (Å²) in [5.41, 5.74) is 2.95. The number of rotatable bonds is 5. The molecule has 29 heavy (non-hydrogen) atoms. The van der Waals surface area contributed by atoms with E-state index in [1.165, 1.54) is 0 Å². The van der Waals surface area contributed by atoms with Crippen molar-refractivity contribution in [3.63, 3.8) is 0 Å². The van der Waals surface area contributed by atoms with Gasteiger partial charge in [0.05, 0.1) is 13.5 Å². The van der Waals surface area contributed by atoms with Crippen LogP contribution in [0.1, 0.15) is 30.9 Å². The van der Waals surface area contributed by atoms with Crippen LogP contribution in [0.3, 0.4) is 0 Å². The van der Waals surface area contributed by atoms with Gasteiger partial charge in [0.1, 0.15) is 5.75 Å². The highest BCUT2D eigenvalue weighted by molar-refractivity contribution is 5.81. The average molecular weight is 396 g/mol. The van der Waals surface area contributed by atoms with Crippen LogP contribution in [0, 0.1) is 5.92 Å². The van der Waals surface area contributed by atoms with Gasteiger partial charge in [0.2, 0.25) is 5.91 Å². The Morgan fingerprint density at radius 1 is 1.07 bits per heavy atom. The van der Waals surface area contributed by atoms with E-state index in [0.29, 0.717) is 19.6 Å². The molecule has 2 bridgehead atoms. The maximum absolute atomic E-state index is 12.6. The third-order valence-corrected chi connectivity index (χ3v) is 5.90. The summed E-state index contributed by atoms with van der Waals surface area (Å²) in [6.45, 7) is 1.67. The first-order valence-electron chi connectivity index (χ1n) is 9.84. The van der Waals surface area contributed by atoms with Gasteiger partial charge in [-0.1, -0.05) is 12.1 Å². The Balaban J connectivity index is 1.67. The van der Waals surface area contributed by atoms with E-state index >= 15 is 0 Å². The van der Waals surface area contributed by atoms with Crippen LogP contribution in [0.25, 0.3) is 11.1 Å². The number of aromatic nitrogens is 1. The van der Waals surface area contributed by atoms with Crippen molar-refractivity contribution in [1.29, 1.82) is 0 Å². The Morgan fingerprint density at radius 3 is 2.52 bits per heavy atom. The molecule has 1 saturated heterocycles. The van der Waals surface area contributed by atoms with Crippen LogP contribution in [0.15, 0.2) is 41.2 Å². The molecule has 4 rings (SSSR count). The predicted molar refractivity (Wildman–Crippen MR) is 107 cm³/mol. The Bertz CT molecular complexity index is 995. The molecule has 1 N–H and O–H groups in total. The molecular weight excluding hydrogens is 372 g/mol. The molecule has 3 heterocycles. The number of fused-ring (bicyclic) bond motifs is 4. The van der Waals surface area contributed by atoms with Crippen LogP contribution < -0.4 is 10.3 Å². The third kappa shape index (κ3) is 3.77. The van der Waals surface area contributed by atoms with Gasteiger partial charge in [-0.05, 0) is 36.1 Å². The molecule has 2 aliphatic heterocycles. The zero-order chi connectivity index (χ0) is 20.5. The van der Waals surface area contributed by atoms with E-state index < -0.39 is 5.97 Å². The molecule has 1 amide bonds. The van der Waals surface area contributed by atoms with Crippen molar-refractivity contribution in [2.75, 3.05) is 20.2 Å². The molecule has 2 atom stereocenters. The minimum Gasteiger partial charge on any atom is -0.497 e. The Labute approximate surface area is 168 Å². The van der Waals surface area contributed by atoms with Crippen LogP contribution in [-0.4, -0.2) is 46.6 Å². The number of likely N-dealkylation sites (tertiary alicyclic amines) is 1. The van der Waals surface area contributed by atoms with E-state index in [4.69, 9.17) is 9.84 Å². The monoisotopic (exact) mass is 396 g/mol. The van der Waals surface area contributed by atoms with Gasteiger partial charge in [-0.15, -0.1) is 0 Å². The van der Waals surface area contributed by atoms with Gasteiger partial charge in [0.15, 0.2) is 0 Å². The number of benzene rings is 1. The number of ether oxygens (including phenoxy) is 1. The van der Waals surface area contributed by atoms with Crippen molar-refractivity contribution < 1.29 is 19.4 Å². The largest absolute Gasteiger partial charge is 0.497 e. The fraction of sp³-hybridized carbons (Fsp3) is 0.409. The fourth-order valence-electron chi connectivity index (χ4n) is 4.61. The number of hydrogen-bond acceptors (Lipinski definition) is 4. The topological polar surface area (TPSA) is 88.8 Å². The first-order chi connectivity index (χ1) is 14.0. The minimum atomic E-state index is -0.964. The van der Waals surface area contributed by atoms with Crippen LogP contribution >= 0.6 is 0 Å². The van der Waals surface area contributed by atoms with Crippen molar-refractivity contribution in [3.05, 3.63) is 52.4 Å². The van der Waals surface area contributed by atoms with E-state index in [1.807, 2.05) is 34.9 Å². The number of aliphatic carboxylic acids is 1. The maximum Gasteiger partial charge on any atom is 0.303 e. The summed E-state index contributed by atoms with van der Waals surface area (Å²) in [7, 11) is 1.62. The zero-order valence-electron chi connectivity index (χ0n) is 16.3. The molecule has 2 aromatic rings. The number of piperidine rings is 1. The lowest BCUT2D eigenvalue weighted by Crippen LogP contribution is -2.49. The molecule has 7 heteroatoms. The summed E-state index contributed by atoms with van der Waals surface area (Å²) >= 11 is 0. The van der Waals surface area contributed by atoms with Gasteiger partial charge in [-0.3, -0.25) is 14.4 Å². The van der Waals surface area contributed by atoms with Gasteiger partial charge < -0.3 is 19.3 Å². The standard InChI is InChI=1S/C22H24N2O5/c1-29-17-4-2-15(3-5-17)18-6-7-20(26)24-12-14-10-16(22(18)24)13-23(11-14)19(25)8-9-21(27)28/h2-7,14,16H,8-13H2,1H3,(H,27,28). The molecular formula is C22H24N2O5. The van der Waals surface area contributed by atoms with E-state index in [1.54, 1.807) is 18.1 Å². The molecule has 152 valence electrons. The van der Waals surface area contributed by atoms with E-state index in [-0.39, 0.29) is 36.1 Å². The van der Waals surface area contributed by atoms with Gasteiger partial charge in [-0.25, -0.2) is 0 Å². The Hall–Kier alpha value is -3.09. The summed E-state index contributed by atoms with van der Waals surface area (Å²) < 4.78 is 7.10. The highest BCUT2D eigenvalue weighted by Crippen LogP contribution is 2.40. The maximum atomic E-state index is 12.6. The van der Waals surface area contributed by atoms with Crippen molar-refractivity contribution in [2.45, 2.75) is 31.7 Å². The highest BCUT2D eigenvalue weighted by Gasteiger charge is 2.37. The summed E-state index contributed by atoms with van der Waals surface area (Å²) in [4.78, 5) is 37.7. The zero-order valence-corrected chi connectivity index (χ0v) is 16.3. The highest BCUT2D eigenvalue weighted by atomic mass is 16.5. The number of pyridine rings is 1. The van der Waals surface area contributed by atoms with E-state index in [2.05, 4.69) is 0 Å². The van der Waals surface area contributed by atoms with Crippen molar-refractivity contribution >= 4 is 11.9 Å². The lowest BCUT2D eigenvalue weighted by Gasteiger charge is -2.43. The summed E-state index contributed by atoms with van der Waals surface area (Å²) in [5.74, 6) is -0.0566. The number of amides is 1. The second-order valence-corrected chi connectivity index (χ2v) is 7.80. The molecule has 0 radical (unpaired) electrons. The second-order valence-electron chi connectivity index (χ2n) is 7.80. The molecule has 1 aromatic carbocycles. The number of methoxy groups -OCH3 is 1. The fourth-order valence-corrected chi connectivity index (χ4v) is 4.61. The van der Waals surface area contributed by atoms with Crippen molar-refractivity contribution in [3.8, 4) is 16.9 Å². The Kier molecular flexibility index (Phi) is 5.13. The van der Waals surface area contributed by atoms with Crippen LogP contribution in [-0.2, 0) is 16.1 Å². The van der Waals surface area contributed by atoms with Crippen LogP contribution in [0.2, 0.25) is 0 Å². The average Bonchev–Trinajstić information content (AvgIpc) is 2.72. The van der Waals surface area contributed by atoms with Gasteiger partial charge >= 0.3 is 5.97 Å². The van der Waals surface area contributed by atoms with Gasteiger partial charge in [0, 0.05) is 49.3 Å². The molecule has 1 fully saturated rings. The lowest BCUT2D eigenvalue weighted by atomic mass is 9.80. The second kappa shape index (κ2) is 7.73. The molecule has 7 nitrogen and oxygen atoms in total. The number of carbonyl (C=O) groups excluding carboxylic acids is 1. The van der Waals surface area contributed by atoms with Crippen molar-refractivity contribution in [1.82, 2.24) is 9.47 Å². The third-order valence-electron chi connectivity index (χ3n) is 5.90. The number of hydrogen-bond donors (Lipinski definition) is 1. The lowest BCUT2D eigenvalue weighted by molar-refractivity contribution is -0.141. The van der Waals surface area contributed by atoms with E-state index in [0.717, 1.165) is 29.0 Å². The predicted octanol–water partition coefficient (Wildman–Crippen LogP) is 2.33. The summed E-state index contributed by atoms with van der Waals surface area (Å²) in [6, 6.07) is 11.2. The first-order valence-corrected chi connectivity index (χ1v) is 9.84. The molecule has 1 aromatic heterocycles. The molecule has 0 saturated carbocycles. The van der Waals surface area contributed by atoms with Crippen LogP contribution in [0.4, 0.5) is 0 Å². The smallest absolute Gasteiger partial charge is 0.303 e. The quantitative estimate of drug-likeness (QED) is 0.838. The number of carboxylic acid groups (broad SMARTS) is 1. The normalized spacial score (nSPS) is 20.1.